The third-order valence-corrected chi connectivity index (χ3v) is 2.15. The predicted molar refractivity (Wildman–Crippen MR) is 68.8 cm³/mol. The molecule has 0 aliphatic heterocycles. The molecule has 0 radical (unpaired) electrons. The second-order valence-electron chi connectivity index (χ2n) is 3.69. The monoisotopic (exact) mass is 276 g/mol. The lowest BCUT2D eigenvalue weighted by Crippen LogP contribution is -2.13. The summed E-state index contributed by atoms with van der Waals surface area (Å²) < 4.78 is 19.9. The topological polar surface area (TPSA) is 71.1 Å². The maximum Gasteiger partial charge on any atom is 0.305 e. The summed E-state index contributed by atoms with van der Waals surface area (Å²) in [4.78, 5) is 22.5. The summed E-state index contributed by atoms with van der Waals surface area (Å²) in [5.74, 6) is -0.636. The molecule has 0 aromatic rings. The fraction of sp³-hybridized carbons (Fsp3) is 0.846. The van der Waals surface area contributed by atoms with Gasteiger partial charge in [0, 0.05) is 26.1 Å². The zero-order chi connectivity index (χ0) is 14.3. The minimum absolute atomic E-state index is 0.215. The van der Waals surface area contributed by atoms with Crippen molar-refractivity contribution >= 4 is 11.9 Å². The van der Waals surface area contributed by atoms with Crippen LogP contribution in [0.25, 0.3) is 0 Å². The fourth-order valence-electron chi connectivity index (χ4n) is 1.24. The Morgan fingerprint density at radius 3 is 1.53 bits per heavy atom. The van der Waals surface area contributed by atoms with E-state index in [1.165, 1.54) is 0 Å². The summed E-state index contributed by atoms with van der Waals surface area (Å²) in [6, 6.07) is 0. The van der Waals surface area contributed by atoms with Crippen molar-refractivity contribution in [2.75, 3.05) is 39.6 Å². The van der Waals surface area contributed by atoms with Crippen LogP contribution in [-0.2, 0) is 28.5 Å². The van der Waals surface area contributed by atoms with Crippen molar-refractivity contribution in [3.05, 3.63) is 0 Å². The first kappa shape index (κ1) is 17.9. The van der Waals surface area contributed by atoms with Gasteiger partial charge >= 0.3 is 11.9 Å². The van der Waals surface area contributed by atoms with Crippen molar-refractivity contribution in [1.82, 2.24) is 0 Å². The molecule has 0 heterocycles. The minimum atomic E-state index is -0.318. The van der Waals surface area contributed by atoms with E-state index < -0.39 is 0 Å². The van der Waals surface area contributed by atoms with Crippen LogP contribution in [-0.4, -0.2) is 51.6 Å². The fourth-order valence-corrected chi connectivity index (χ4v) is 1.24. The summed E-state index contributed by atoms with van der Waals surface area (Å²) in [7, 11) is 0. The molecule has 0 aliphatic carbocycles. The van der Waals surface area contributed by atoms with Crippen molar-refractivity contribution in [3.63, 3.8) is 0 Å². The SMILES string of the molecule is CCOCCOC(=O)CCCC(=O)OCCOCC. The molecule has 0 bridgehead atoms. The van der Waals surface area contributed by atoms with Gasteiger partial charge in [-0.2, -0.15) is 0 Å². The Morgan fingerprint density at radius 1 is 0.737 bits per heavy atom. The van der Waals surface area contributed by atoms with Crippen LogP contribution in [0.1, 0.15) is 33.1 Å². The molecule has 6 heteroatoms. The molecule has 0 saturated heterocycles. The normalized spacial score (nSPS) is 10.2. The van der Waals surface area contributed by atoms with Crippen molar-refractivity contribution in [3.8, 4) is 0 Å². The lowest BCUT2D eigenvalue weighted by molar-refractivity contribution is -0.147. The van der Waals surface area contributed by atoms with E-state index in [1.54, 1.807) is 0 Å². The Balaban J connectivity index is 3.35. The van der Waals surface area contributed by atoms with Crippen LogP contribution in [0.4, 0.5) is 0 Å². The molecule has 0 fully saturated rings. The van der Waals surface area contributed by atoms with Crippen molar-refractivity contribution in [2.24, 2.45) is 0 Å². The number of hydrogen-bond acceptors (Lipinski definition) is 6. The van der Waals surface area contributed by atoms with E-state index in [-0.39, 0.29) is 38.0 Å². The van der Waals surface area contributed by atoms with Gasteiger partial charge in [-0.25, -0.2) is 0 Å². The van der Waals surface area contributed by atoms with E-state index >= 15 is 0 Å². The number of carbonyl (C=O) groups excluding carboxylic acids is 2. The van der Waals surface area contributed by atoms with Crippen LogP contribution in [0.15, 0.2) is 0 Å². The molecule has 0 atom stereocenters. The quantitative estimate of drug-likeness (QED) is 0.395. The molecule has 0 aliphatic rings. The first-order valence-corrected chi connectivity index (χ1v) is 6.67. The third-order valence-electron chi connectivity index (χ3n) is 2.15. The van der Waals surface area contributed by atoms with Gasteiger partial charge in [0.05, 0.1) is 13.2 Å². The van der Waals surface area contributed by atoms with E-state index in [9.17, 15) is 9.59 Å². The molecule has 0 amide bonds. The summed E-state index contributed by atoms with van der Waals surface area (Å²) in [6.07, 6.45) is 0.861. The molecule has 112 valence electrons. The van der Waals surface area contributed by atoms with Gasteiger partial charge in [0.2, 0.25) is 0 Å². The molecule has 19 heavy (non-hydrogen) atoms. The lowest BCUT2D eigenvalue weighted by Gasteiger charge is -2.06. The van der Waals surface area contributed by atoms with Crippen LogP contribution >= 0.6 is 0 Å². The predicted octanol–water partition coefficient (Wildman–Crippen LogP) is 1.32. The van der Waals surface area contributed by atoms with Crippen LogP contribution in [0.2, 0.25) is 0 Å². The molecule has 0 aromatic heterocycles. The molecular formula is C13H24O6. The maximum atomic E-state index is 11.2. The van der Waals surface area contributed by atoms with E-state index in [0.717, 1.165) is 0 Å². The number of hydrogen-bond donors (Lipinski definition) is 0. The zero-order valence-electron chi connectivity index (χ0n) is 11.8. The maximum absolute atomic E-state index is 11.2. The first-order valence-electron chi connectivity index (χ1n) is 6.67. The Hall–Kier alpha value is -1.14. The highest BCUT2D eigenvalue weighted by atomic mass is 16.6. The average Bonchev–Trinajstić information content (AvgIpc) is 2.40. The van der Waals surface area contributed by atoms with Crippen molar-refractivity contribution in [1.29, 1.82) is 0 Å². The molecule has 0 unspecified atom stereocenters. The van der Waals surface area contributed by atoms with Gasteiger partial charge in [0.1, 0.15) is 13.2 Å². The number of ether oxygens (including phenoxy) is 4. The van der Waals surface area contributed by atoms with Gasteiger partial charge in [-0.3, -0.25) is 9.59 Å². The van der Waals surface area contributed by atoms with Crippen LogP contribution in [0, 0.1) is 0 Å². The summed E-state index contributed by atoms with van der Waals surface area (Å²) in [5.41, 5.74) is 0. The van der Waals surface area contributed by atoms with Gasteiger partial charge in [-0.15, -0.1) is 0 Å². The minimum Gasteiger partial charge on any atom is -0.463 e. The number of carbonyl (C=O) groups is 2. The van der Waals surface area contributed by atoms with Crippen LogP contribution in [0.5, 0.6) is 0 Å². The standard InChI is InChI=1S/C13H24O6/c1-3-16-8-10-18-12(14)6-5-7-13(15)19-11-9-17-4-2/h3-11H2,1-2H3. The molecule has 0 aromatic carbocycles. The Bertz CT molecular complexity index is 217. The Kier molecular flexibility index (Phi) is 12.5. The van der Waals surface area contributed by atoms with Gasteiger partial charge in [-0.05, 0) is 20.3 Å². The highest BCUT2D eigenvalue weighted by Crippen LogP contribution is 2.00. The molecule has 0 N–H and O–H groups in total. The van der Waals surface area contributed by atoms with Gasteiger partial charge in [0.15, 0.2) is 0 Å². The zero-order valence-corrected chi connectivity index (χ0v) is 11.8. The van der Waals surface area contributed by atoms with Gasteiger partial charge in [-0.1, -0.05) is 0 Å². The lowest BCUT2D eigenvalue weighted by atomic mass is 10.2. The third kappa shape index (κ3) is 13.1. The molecule has 0 saturated carbocycles. The summed E-state index contributed by atoms with van der Waals surface area (Å²) in [6.45, 7) is 6.27. The molecule has 0 spiro atoms. The largest absolute Gasteiger partial charge is 0.463 e. The highest BCUT2D eigenvalue weighted by molar-refractivity contribution is 5.72. The summed E-state index contributed by atoms with van der Waals surface area (Å²) >= 11 is 0. The van der Waals surface area contributed by atoms with Gasteiger partial charge < -0.3 is 18.9 Å². The summed E-state index contributed by atoms with van der Waals surface area (Å²) in [5, 5.41) is 0. The van der Waals surface area contributed by atoms with E-state index in [0.29, 0.717) is 32.8 Å². The molecule has 6 nitrogen and oxygen atoms in total. The Labute approximate surface area is 114 Å². The molecular weight excluding hydrogens is 252 g/mol. The van der Waals surface area contributed by atoms with Crippen LogP contribution in [0.3, 0.4) is 0 Å². The van der Waals surface area contributed by atoms with Crippen molar-refractivity contribution < 1.29 is 28.5 Å². The second kappa shape index (κ2) is 13.3. The smallest absolute Gasteiger partial charge is 0.305 e. The Morgan fingerprint density at radius 2 is 1.16 bits per heavy atom. The first-order chi connectivity index (χ1) is 9.20. The highest BCUT2D eigenvalue weighted by Gasteiger charge is 2.07. The molecule has 0 rings (SSSR count). The second-order valence-corrected chi connectivity index (χ2v) is 3.69. The average molecular weight is 276 g/mol. The van der Waals surface area contributed by atoms with E-state index in [2.05, 4.69) is 0 Å². The van der Waals surface area contributed by atoms with E-state index in [1.807, 2.05) is 13.8 Å². The van der Waals surface area contributed by atoms with Gasteiger partial charge in [0.25, 0.3) is 0 Å². The van der Waals surface area contributed by atoms with Crippen molar-refractivity contribution in [2.45, 2.75) is 33.1 Å². The number of rotatable bonds is 12. The van der Waals surface area contributed by atoms with Crippen LogP contribution < -0.4 is 0 Å². The van der Waals surface area contributed by atoms with E-state index in [4.69, 9.17) is 18.9 Å². The number of esters is 2.